The first-order valence-electron chi connectivity index (χ1n) is 9.32. The molecule has 0 heterocycles. The molecule has 0 unspecified atom stereocenters. The zero-order valence-corrected chi connectivity index (χ0v) is 15.9. The topological polar surface area (TPSA) is 84.5 Å². The van der Waals surface area contributed by atoms with Gasteiger partial charge in [-0.25, -0.2) is 0 Å². The van der Waals surface area contributed by atoms with E-state index in [-0.39, 0.29) is 50.3 Å². The number of fused-ring (bicyclic) bond motifs is 3. The molecule has 0 aromatic heterocycles. The number of Topliss-reactive ketones (excluding diaryl/α,β-unsaturated/α-hetero) is 2. The van der Waals surface area contributed by atoms with Crippen molar-refractivity contribution in [1.82, 2.24) is 10.6 Å². The number of nitrogens with one attached hydrogen (secondary N) is 2. The van der Waals surface area contributed by atoms with E-state index in [0.29, 0.717) is 0 Å². The largest absolute Gasteiger partial charge is 0.464 e. The molecule has 2 N–H and O–H groups in total. The number of carbonyl (C=O) groups is 3. The summed E-state index contributed by atoms with van der Waals surface area (Å²) in [5.74, 6) is -0.521. The van der Waals surface area contributed by atoms with Crippen LogP contribution in [0.1, 0.15) is 24.0 Å². The van der Waals surface area contributed by atoms with Crippen LogP contribution in [0.3, 0.4) is 0 Å². The van der Waals surface area contributed by atoms with E-state index < -0.39 is 5.97 Å². The monoisotopic (exact) mass is 380 g/mol. The Morgan fingerprint density at radius 3 is 1.93 bits per heavy atom. The van der Waals surface area contributed by atoms with Crippen LogP contribution in [-0.4, -0.2) is 50.3 Å². The van der Waals surface area contributed by atoms with E-state index in [1.54, 1.807) is 0 Å². The van der Waals surface area contributed by atoms with Crippen LogP contribution < -0.4 is 10.6 Å². The molecule has 0 fully saturated rings. The van der Waals surface area contributed by atoms with E-state index in [1.807, 2.05) is 24.3 Å². The van der Waals surface area contributed by atoms with Crippen molar-refractivity contribution < 1.29 is 19.1 Å². The number of hydrogen-bond acceptors (Lipinski definition) is 6. The third-order valence-electron chi connectivity index (χ3n) is 4.66. The molecule has 0 aliphatic heterocycles. The van der Waals surface area contributed by atoms with Gasteiger partial charge >= 0.3 is 5.97 Å². The van der Waals surface area contributed by atoms with Gasteiger partial charge in [0.05, 0.1) is 26.2 Å². The molecule has 28 heavy (non-hydrogen) atoms. The lowest BCUT2D eigenvalue weighted by molar-refractivity contribution is -0.142. The van der Waals surface area contributed by atoms with E-state index in [1.165, 1.54) is 18.1 Å². The minimum absolute atomic E-state index is 0.0220. The molecule has 0 bridgehead atoms. The number of carbonyl (C=O) groups excluding carboxylic acids is 3. The van der Waals surface area contributed by atoms with Crippen LogP contribution in [0, 0.1) is 0 Å². The van der Waals surface area contributed by atoms with Gasteiger partial charge in [-0.2, -0.15) is 0 Å². The highest BCUT2D eigenvalue weighted by Crippen LogP contribution is 2.44. The van der Waals surface area contributed by atoms with Crippen molar-refractivity contribution in [3.63, 3.8) is 0 Å². The minimum Gasteiger partial charge on any atom is -0.464 e. The van der Waals surface area contributed by atoms with E-state index in [4.69, 9.17) is 4.74 Å². The fraction of sp³-hybridized carbons (Fsp3) is 0.318. The molecule has 6 heteroatoms. The maximum Gasteiger partial charge on any atom is 0.319 e. The molecular formula is C22H24N2O4. The van der Waals surface area contributed by atoms with Gasteiger partial charge in [0.25, 0.3) is 0 Å². The quantitative estimate of drug-likeness (QED) is 0.610. The smallest absolute Gasteiger partial charge is 0.319 e. The van der Waals surface area contributed by atoms with E-state index in [9.17, 15) is 14.4 Å². The van der Waals surface area contributed by atoms with Gasteiger partial charge in [0.2, 0.25) is 0 Å². The number of esters is 1. The van der Waals surface area contributed by atoms with Crippen LogP contribution in [0.15, 0.2) is 48.5 Å². The van der Waals surface area contributed by atoms with Crippen LogP contribution in [0.25, 0.3) is 11.1 Å². The zero-order chi connectivity index (χ0) is 19.9. The summed E-state index contributed by atoms with van der Waals surface area (Å²) in [6.45, 7) is 1.99. The van der Waals surface area contributed by atoms with Gasteiger partial charge in [0.1, 0.15) is 12.4 Å². The molecule has 1 aliphatic carbocycles. The van der Waals surface area contributed by atoms with Crippen molar-refractivity contribution in [1.29, 1.82) is 0 Å². The first kappa shape index (κ1) is 19.9. The van der Waals surface area contributed by atoms with Crippen molar-refractivity contribution >= 4 is 17.5 Å². The summed E-state index contributed by atoms with van der Waals surface area (Å²) in [6.07, 6.45) is 0. The predicted molar refractivity (Wildman–Crippen MR) is 106 cm³/mol. The van der Waals surface area contributed by atoms with E-state index >= 15 is 0 Å². The first-order chi connectivity index (χ1) is 13.6. The molecule has 1 aliphatic rings. The van der Waals surface area contributed by atoms with Gasteiger partial charge in [-0.3, -0.25) is 14.4 Å². The molecule has 6 nitrogen and oxygen atoms in total. The SMILES string of the molecule is CC(=O)CNCC(=O)CNCC(=O)OCC1c2ccccc2-c2ccccc21. The van der Waals surface area contributed by atoms with Gasteiger partial charge in [-0.1, -0.05) is 48.5 Å². The Labute approximate surface area is 164 Å². The number of ether oxygens (including phenoxy) is 1. The lowest BCUT2D eigenvalue weighted by atomic mass is 9.98. The maximum absolute atomic E-state index is 12.1. The molecule has 3 rings (SSSR count). The standard InChI is InChI=1S/C22H24N2O4/c1-15(25)10-23-11-16(26)12-24-13-22(27)28-14-21-19-8-4-2-6-17(19)18-7-3-5-9-20(18)21/h2-9,21,23-24H,10-14H2,1H3. The summed E-state index contributed by atoms with van der Waals surface area (Å²) in [4.78, 5) is 34.5. The Balaban J connectivity index is 1.46. The Kier molecular flexibility index (Phi) is 6.68. The summed E-state index contributed by atoms with van der Waals surface area (Å²) in [5, 5.41) is 5.54. The number of rotatable bonds is 10. The molecule has 2 aromatic carbocycles. The highest BCUT2D eigenvalue weighted by atomic mass is 16.5. The van der Waals surface area contributed by atoms with Crippen LogP contribution in [0.4, 0.5) is 0 Å². The normalized spacial score (nSPS) is 12.3. The van der Waals surface area contributed by atoms with E-state index in [2.05, 4.69) is 34.9 Å². The van der Waals surface area contributed by atoms with Crippen LogP contribution >= 0.6 is 0 Å². The Morgan fingerprint density at radius 1 is 0.821 bits per heavy atom. The van der Waals surface area contributed by atoms with Gasteiger partial charge in [-0.15, -0.1) is 0 Å². The lowest BCUT2D eigenvalue weighted by Gasteiger charge is -2.14. The zero-order valence-electron chi connectivity index (χ0n) is 15.9. The van der Waals surface area contributed by atoms with Crippen molar-refractivity contribution in [3.8, 4) is 11.1 Å². The molecular weight excluding hydrogens is 356 g/mol. The van der Waals surface area contributed by atoms with Gasteiger partial charge in [0.15, 0.2) is 5.78 Å². The van der Waals surface area contributed by atoms with Crippen molar-refractivity contribution in [2.75, 3.05) is 32.8 Å². The molecule has 0 radical (unpaired) electrons. The third kappa shape index (κ3) is 4.91. The number of ketones is 2. The second-order valence-electron chi connectivity index (χ2n) is 6.86. The van der Waals surface area contributed by atoms with Crippen LogP contribution in [0.5, 0.6) is 0 Å². The fourth-order valence-corrected chi connectivity index (χ4v) is 3.41. The molecule has 146 valence electrons. The van der Waals surface area contributed by atoms with Crippen LogP contribution in [-0.2, 0) is 19.1 Å². The number of hydrogen-bond donors (Lipinski definition) is 2. The molecule has 0 atom stereocenters. The summed E-state index contributed by atoms with van der Waals surface area (Å²) in [6, 6.07) is 16.3. The minimum atomic E-state index is -0.397. The van der Waals surface area contributed by atoms with Crippen molar-refractivity contribution in [2.24, 2.45) is 0 Å². The van der Waals surface area contributed by atoms with Gasteiger partial charge in [-0.05, 0) is 29.2 Å². The molecule has 0 amide bonds. The summed E-state index contributed by atoms with van der Waals surface area (Å²) in [7, 11) is 0. The van der Waals surface area contributed by atoms with Crippen molar-refractivity contribution in [3.05, 3.63) is 59.7 Å². The first-order valence-corrected chi connectivity index (χ1v) is 9.32. The average molecular weight is 380 g/mol. The molecule has 2 aromatic rings. The summed E-state index contributed by atoms with van der Waals surface area (Å²) >= 11 is 0. The highest BCUT2D eigenvalue weighted by molar-refractivity contribution is 5.84. The van der Waals surface area contributed by atoms with Gasteiger partial charge in [0, 0.05) is 5.92 Å². The average Bonchev–Trinajstić information content (AvgIpc) is 3.00. The van der Waals surface area contributed by atoms with E-state index in [0.717, 1.165) is 11.1 Å². The van der Waals surface area contributed by atoms with Crippen molar-refractivity contribution in [2.45, 2.75) is 12.8 Å². The Hall–Kier alpha value is -2.83. The summed E-state index contributed by atoms with van der Waals surface area (Å²) in [5.41, 5.74) is 4.69. The molecule has 0 saturated carbocycles. The fourth-order valence-electron chi connectivity index (χ4n) is 3.41. The summed E-state index contributed by atoms with van der Waals surface area (Å²) < 4.78 is 5.46. The third-order valence-corrected chi connectivity index (χ3v) is 4.66. The van der Waals surface area contributed by atoms with Crippen LogP contribution in [0.2, 0.25) is 0 Å². The predicted octanol–water partition coefficient (Wildman–Crippen LogP) is 1.68. The second kappa shape index (κ2) is 9.39. The highest BCUT2D eigenvalue weighted by Gasteiger charge is 2.28. The Bertz CT molecular complexity index is 833. The maximum atomic E-state index is 12.1. The lowest BCUT2D eigenvalue weighted by Crippen LogP contribution is -2.36. The Morgan fingerprint density at radius 2 is 1.36 bits per heavy atom. The molecule has 0 spiro atoms. The molecule has 0 saturated heterocycles. The van der Waals surface area contributed by atoms with Gasteiger partial charge < -0.3 is 15.4 Å². The second-order valence-corrected chi connectivity index (χ2v) is 6.86. The number of benzene rings is 2.